The van der Waals surface area contributed by atoms with E-state index in [1.54, 1.807) is 29.6 Å². The Morgan fingerprint density at radius 1 is 1.00 bits per heavy atom. The number of amides is 1. The second-order valence-electron chi connectivity index (χ2n) is 14.3. The van der Waals surface area contributed by atoms with Gasteiger partial charge in [-0.1, -0.05) is 30.1 Å². The summed E-state index contributed by atoms with van der Waals surface area (Å²) in [7, 11) is 0. The van der Waals surface area contributed by atoms with Crippen LogP contribution in [0.4, 0.5) is 5.69 Å². The minimum Gasteiger partial charge on any atom is -0.460 e. The lowest BCUT2D eigenvalue weighted by molar-refractivity contribution is -0.223. The molecule has 0 unspecified atom stereocenters. The number of aliphatic hydroxyl groups is 2. The van der Waals surface area contributed by atoms with Crippen molar-refractivity contribution >= 4 is 40.8 Å². The molecular weight excluding hydrogens is 733 g/mol. The lowest BCUT2D eigenvalue weighted by Gasteiger charge is -2.58. The lowest BCUT2D eigenvalue weighted by atomic mass is 9.56. The second-order valence-corrected chi connectivity index (χ2v) is 16.4. The molecule has 3 aromatic rings. The highest BCUT2D eigenvalue weighted by molar-refractivity contribution is 8.00. The maximum atomic E-state index is 11.8. The van der Waals surface area contributed by atoms with E-state index in [-0.39, 0.29) is 54.6 Å². The molecule has 3 aliphatic rings. The van der Waals surface area contributed by atoms with E-state index in [9.17, 15) is 15.0 Å². The van der Waals surface area contributed by atoms with Crippen molar-refractivity contribution in [3.63, 3.8) is 0 Å². The number of fused-ring (bicyclic) bond motifs is 2. The van der Waals surface area contributed by atoms with E-state index in [1.165, 1.54) is 11.8 Å². The predicted octanol–water partition coefficient (Wildman–Crippen LogP) is 9.61. The van der Waals surface area contributed by atoms with Crippen LogP contribution in [0.5, 0.6) is 17.2 Å². The van der Waals surface area contributed by atoms with E-state index in [2.05, 4.69) is 42.4 Å². The molecule has 0 aromatic heterocycles. The van der Waals surface area contributed by atoms with Crippen LogP contribution in [0.15, 0.2) is 106 Å². The fourth-order valence-corrected chi connectivity index (χ4v) is 10.1. The maximum absolute atomic E-state index is 11.8. The third-order valence-corrected chi connectivity index (χ3v) is 12.7. The number of carbonyl (C=O) groups is 1. The number of thioether (sulfide) groups is 2. The highest BCUT2D eigenvalue weighted by atomic mass is 32.2. The number of benzene rings is 3. The van der Waals surface area contributed by atoms with Gasteiger partial charge in [-0.15, -0.1) is 30.1 Å². The number of hydrogen-bond donors (Lipinski definition) is 3. The van der Waals surface area contributed by atoms with Gasteiger partial charge in [-0.2, -0.15) is 0 Å². The molecule has 1 heterocycles. The summed E-state index contributed by atoms with van der Waals surface area (Å²) >= 11 is 3.37. The largest absolute Gasteiger partial charge is 0.460 e. The van der Waals surface area contributed by atoms with Gasteiger partial charge >= 0.3 is 0 Å². The molecule has 0 spiro atoms. The van der Waals surface area contributed by atoms with Crippen LogP contribution in [-0.4, -0.2) is 65.6 Å². The summed E-state index contributed by atoms with van der Waals surface area (Å²) in [5, 5.41) is 27.1. The van der Waals surface area contributed by atoms with Crippen LogP contribution in [0.3, 0.4) is 0 Å². The van der Waals surface area contributed by atoms with Crippen LogP contribution < -0.4 is 14.8 Å². The summed E-state index contributed by atoms with van der Waals surface area (Å²) in [4.78, 5) is 19.8. The summed E-state index contributed by atoms with van der Waals surface area (Å²) in [6, 6.07) is 22.1. The molecule has 0 saturated heterocycles. The second kappa shape index (κ2) is 19.4. The standard InChI is InChI=1S/C44H54N2O7S2/c1-5-25-50-44-41(55-35-18-13-31(14-19-35)45-29(3)49)28-39(46-51-6-2)37-26-30(11-7-9-23-47)36(12-8-10-24-48)42(43(37)44)38-27-33(17-22-40(38)53-44)52-32-15-20-34(54-4)21-16-32/h5,13-22,26-27,30,36,41-43,47-48H,1,6-12,23-25,28H2,2-4H3,(H,45,49)/t30-,36+,41-,42+,43+,44+/m0/s1. The molecule has 55 heavy (non-hydrogen) atoms. The highest BCUT2D eigenvalue weighted by Crippen LogP contribution is 2.63. The van der Waals surface area contributed by atoms with E-state index in [4.69, 9.17) is 24.2 Å². The van der Waals surface area contributed by atoms with Gasteiger partial charge in [0.1, 0.15) is 23.9 Å². The number of aliphatic hydroxyl groups excluding tert-OH is 2. The average molecular weight is 787 g/mol. The fraction of sp³-hybridized carbons (Fsp3) is 0.455. The minimum atomic E-state index is -1.11. The number of oxime groups is 1. The number of nitrogens with one attached hydrogen (secondary N) is 1. The van der Waals surface area contributed by atoms with Crippen molar-refractivity contribution in [3.05, 3.63) is 96.6 Å². The number of unbranched alkanes of at least 4 members (excludes halogenated alkanes) is 2. The maximum Gasteiger partial charge on any atom is 0.231 e. The number of rotatable bonds is 19. The van der Waals surface area contributed by atoms with E-state index < -0.39 is 5.79 Å². The third kappa shape index (κ3) is 9.46. The molecule has 1 amide bonds. The zero-order valence-electron chi connectivity index (χ0n) is 32.1. The minimum absolute atomic E-state index is 0.0498. The quantitative estimate of drug-likeness (QED) is 0.0473. The van der Waals surface area contributed by atoms with Gasteiger partial charge in [0.2, 0.25) is 11.7 Å². The van der Waals surface area contributed by atoms with Crippen LogP contribution in [0, 0.1) is 17.8 Å². The Labute approximate surface area is 333 Å². The Morgan fingerprint density at radius 2 is 1.71 bits per heavy atom. The first-order valence-corrected chi connectivity index (χ1v) is 21.5. The van der Waals surface area contributed by atoms with Crippen LogP contribution >= 0.6 is 23.5 Å². The van der Waals surface area contributed by atoms with E-state index in [0.29, 0.717) is 19.4 Å². The Kier molecular flexibility index (Phi) is 14.4. The number of anilines is 1. The molecule has 294 valence electrons. The molecule has 0 bridgehead atoms. The molecule has 2 aliphatic carbocycles. The summed E-state index contributed by atoms with van der Waals surface area (Å²) in [5.41, 5.74) is 3.76. The van der Waals surface area contributed by atoms with Crippen LogP contribution in [0.25, 0.3) is 0 Å². The monoisotopic (exact) mass is 786 g/mol. The Morgan fingerprint density at radius 3 is 2.38 bits per heavy atom. The van der Waals surface area contributed by atoms with Crippen LogP contribution in [0.2, 0.25) is 0 Å². The number of nitrogens with zero attached hydrogens (tertiary/aromatic N) is 1. The van der Waals surface area contributed by atoms with Crippen molar-refractivity contribution in [2.45, 2.75) is 85.5 Å². The topological polar surface area (TPSA) is 119 Å². The van der Waals surface area contributed by atoms with Crippen molar-refractivity contribution in [2.24, 2.45) is 22.9 Å². The molecule has 1 fully saturated rings. The molecule has 9 nitrogen and oxygen atoms in total. The van der Waals surface area contributed by atoms with Gasteiger partial charge in [0, 0.05) is 53.5 Å². The van der Waals surface area contributed by atoms with E-state index >= 15 is 0 Å². The van der Waals surface area contributed by atoms with Crippen molar-refractivity contribution in [3.8, 4) is 17.2 Å². The number of allylic oxidation sites excluding steroid dienone is 1. The van der Waals surface area contributed by atoms with Crippen molar-refractivity contribution in [2.75, 3.05) is 38.0 Å². The van der Waals surface area contributed by atoms with Crippen molar-refractivity contribution in [1.82, 2.24) is 0 Å². The molecule has 1 saturated carbocycles. The first-order valence-electron chi connectivity index (χ1n) is 19.4. The Bertz CT molecular complexity index is 1820. The molecule has 0 radical (unpaired) electrons. The first-order chi connectivity index (χ1) is 26.8. The zero-order valence-corrected chi connectivity index (χ0v) is 33.7. The van der Waals surface area contributed by atoms with Crippen LogP contribution in [-0.2, 0) is 14.4 Å². The molecule has 3 aromatic carbocycles. The summed E-state index contributed by atoms with van der Waals surface area (Å²) in [6.07, 6.45) is 11.8. The summed E-state index contributed by atoms with van der Waals surface area (Å²) in [5.74, 6) is 1.07. The SMILES string of the molecule is C=CCO[C@@]12Oc3ccc(Oc4ccc(SC)cc4)cc3[C@H]3[C@H](CCCCO)[C@@H](CCCCO)C=C(C(=NOCC)C[C@@H]1Sc1ccc(NC(C)=O)cc1)[C@H]32. The van der Waals surface area contributed by atoms with Crippen molar-refractivity contribution < 1.29 is 34.1 Å². The van der Waals surface area contributed by atoms with Crippen molar-refractivity contribution in [1.29, 1.82) is 0 Å². The molecule has 1 aliphatic heterocycles. The third-order valence-electron chi connectivity index (χ3n) is 10.7. The molecular formula is C44H54N2O7S2. The van der Waals surface area contributed by atoms with Gasteiger partial charge in [-0.25, -0.2) is 0 Å². The van der Waals surface area contributed by atoms with Gasteiger partial charge in [0.25, 0.3) is 0 Å². The Hall–Kier alpha value is -3.74. The van der Waals surface area contributed by atoms with Crippen LogP contribution in [0.1, 0.15) is 70.3 Å². The summed E-state index contributed by atoms with van der Waals surface area (Å²) < 4.78 is 20.8. The van der Waals surface area contributed by atoms with Gasteiger partial charge in [-0.05, 0) is 123 Å². The molecule has 6 atom stereocenters. The first kappa shape index (κ1) is 40.9. The fourth-order valence-electron chi connectivity index (χ4n) is 8.39. The normalized spacial score (nSPS) is 24.6. The number of hydrogen-bond acceptors (Lipinski definition) is 10. The summed E-state index contributed by atoms with van der Waals surface area (Å²) in [6.45, 7) is 8.49. The highest BCUT2D eigenvalue weighted by Gasteiger charge is 2.64. The lowest BCUT2D eigenvalue weighted by Crippen LogP contribution is -2.64. The van der Waals surface area contributed by atoms with Gasteiger partial charge in [0.15, 0.2) is 0 Å². The predicted molar refractivity (Wildman–Crippen MR) is 221 cm³/mol. The van der Waals surface area contributed by atoms with Gasteiger partial charge in [-0.3, -0.25) is 4.79 Å². The number of carbonyl (C=O) groups excluding carboxylic acids is 1. The van der Waals surface area contributed by atoms with Gasteiger partial charge in [0.05, 0.1) is 23.5 Å². The van der Waals surface area contributed by atoms with E-state index in [1.807, 2.05) is 55.5 Å². The zero-order chi connectivity index (χ0) is 38.8. The Balaban J connectivity index is 1.52. The average Bonchev–Trinajstić information content (AvgIpc) is 3.19. The molecule has 6 rings (SSSR count). The smallest absolute Gasteiger partial charge is 0.231 e. The van der Waals surface area contributed by atoms with Gasteiger partial charge < -0.3 is 34.6 Å². The molecule has 3 N–H and O–H groups in total. The molecule has 11 heteroatoms. The number of ether oxygens (including phenoxy) is 3. The van der Waals surface area contributed by atoms with E-state index in [0.717, 1.165) is 76.8 Å².